The fourth-order valence-corrected chi connectivity index (χ4v) is 2.53. The molecule has 1 heterocycles. The number of anilines is 1. The molecule has 18 heavy (non-hydrogen) atoms. The lowest BCUT2D eigenvalue weighted by atomic mass is 10.0. The van der Waals surface area contributed by atoms with Crippen LogP contribution in [-0.2, 0) is 6.42 Å². The third kappa shape index (κ3) is 1.89. The second kappa shape index (κ2) is 4.46. The Labute approximate surface area is 111 Å². The van der Waals surface area contributed by atoms with Gasteiger partial charge in [-0.25, -0.2) is 0 Å². The van der Waals surface area contributed by atoms with Crippen LogP contribution in [0.1, 0.15) is 15.9 Å². The molecule has 0 aliphatic carbocycles. The van der Waals surface area contributed by atoms with Crippen molar-refractivity contribution in [2.24, 2.45) is 0 Å². The van der Waals surface area contributed by atoms with Crippen LogP contribution in [0.25, 0.3) is 0 Å². The van der Waals surface area contributed by atoms with Gasteiger partial charge in [-0.1, -0.05) is 41.9 Å². The minimum absolute atomic E-state index is 0.0526. The van der Waals surface area contributed by atoms with Crippen LogP contribution >= 0.6 is 11.6 Å². The minimum atomic E-state index is -0.206. The molecule has 0 spiro atoms. The van der Waals surface area contributed by atoms with E-state index in [1.54, 1.807) is 12.1 Å². The first-order chi connectivity index (χ1) is 8.75. The summed E-state index contributed by atoms with van der Waals surface area (Å²) in [5.41, 5.74) is 2.82. The van der Waals surface area contributed by atoms with Crippen molar-refractivity contribution >= 4 is 23.1 Å². The lowest BCUT2D eigenvalue weighted by Crippen LogP contribution is -2.27. The highest BCUT2D eigenvalue weighted by atomic mass is 35.5. The topological polar surface area (TPSA) is 29.1 Å². The quantitative estimate of drug-likeness (QED) is 0.834. The Morgan fingerprint density at radius 2 is 1.83 bits per heavy atom. The molecule has 0 fully saturated rings. The van der Waals surface area contributed by atoms with Crippen molar-refractivity contribution in [1.82, 2.24) is 0 Å². The molecule has 0 aromatic heterocycles. The predicted molar refractivity (Wildman–Crippen MR) is 73.3 cm³/mol. The van der Waals surface area contributed by atoms with Gasteiger partial charge in [-0.3, -0.25) is 4.79 Å². The monoisotopic (exact) mass is 257 g/mol. The van der Waals surface area contributed by atoms with Crippen molar-refractivity contribution in [3.05, 3.63) is 64.7 Å². The molecule has 0 radical (unpaired) electrons. The zero-order chi connectivity index (χ0) is 12.5. The minimum Gasteiger partial charge on any atom is -0.374 e. The highest BCUT2D eigenvalue weighted by Crippen LogP contribution is 2.28. The summed E-state index contributed by atoms with van der Waals surface area (Å²) in [7, 11) is 0. The number of benzene rings is 2. The van der Waals surface area contributed by atoms with E-state index in [4.69, 9.17) is 11.6 Å². The fraction of sp³-hybridized carbons (Fsp3) is 0.133. The molecule has 2 aromatic carbocycles. The number of hydrogen-bond donors (Lipinski definition) is 1. The van der Waals surface area contributed by atoms with Crippen LogP contribution in [0, 0.1) is 0 Å². The summed E-state index contributed by atoms with van der Waals surface area (Å²) in [6.07, 6.45) is 0.722. The molecule has 2 aromatic rings. The number of ketones is 1. The number of rotatable bonds is 2. The van der Waals surface area contributed by atoms with Crippen molar-refractivity contribution in [3.63, 3.8) is 0 Å². The Bertz CT molecular complexity index is 584. The lowest BCUT2D eigenvalue weighted by molar-refractivity contribution is 0.0972. The van der Waals surface area contributed by atoms with Gasteiger partial charge in [-0.15, -0.1) is 0 Å². The van der Waals surface area contributed by atoms with E-state index >= 15 is 0 Å². The normalized spacial score (nSPS) is 17.1. The molecule has 1 atom stereocenters. The first-order valence-electron chi connectivity index (χ1n) is 5.89. The van der Waals surface area contributed by atoms with E-state index in [9.17, 15) is 4.79 Å². The number of halogens is 1. The smallest absolute Gasteiger partial charge is 0.186 e. The van der Waals surface area contributed by atoms with Crippen LogP contribution in [0.2, 0.25) is 5.02 Å². The van der Waals surface area contributed by atoms with Gasteiger partial charge in [-0.05, 0) is 23.8 Å². The highest BCUT2D eigenvalue weighted by Gasteiger charge is 2.27. The molecule has 3 heteroatoms. The maximum atomic E-state index is 12.4. The van der Waals surface area contributed by atoms with Crippen molar-refractivity contribution in [1.29, 1.82) is 0 Å². The molecular weight excluding hydrogens is 246 g/mol. The number of fused-ring (bicyclic) bond motifs is 1. The van der Waals surface area contributed by atoms with Crippen molar-refractivity contribution in [3.8, 4) is 0 Å². The van der Waals surface area contributed by atoms with Gasteiger partial charge >= 0.3 is 0 Å². The summed E-state index contributed by atoms with van der Waals surface area (Å²) in [6.45, 7) is 0. The number of carbonyl (C=O) groups is 1. The van der Waals surface area contributed by atoms with E-state index in [1.807, 2.05) is 36.4 Å². The zero-order valence-corrected chi connectivity index (χ0v) is 10.4. The molecule has 2 nitrogen and oxygen atoms in total. The van der Waals surface area contributed by atoms with E-state index in [2.05, 4.69) is 5.32 Å². The van der Waals surface area contributed by atoms with E-state index in [-0.39, 0.29) is 11.8 Å². The standard InChI is InChI=1S/C15H12ClNO/c16-12-7-3-2-6-11(12)15(18)14-9-10-5-1-4-8-13(10)17-14/h1-8,14,17H,9H2. The summed E-state index contributed by atoms with van der Waals surface area (Å²) in [5.74, 6) is 0.0526. The second-order valence-electron chi connectivity index (χ2n) is 4.40. The molecule has 1 unspecified atom stereocenters. The number of hydrogen-bond acceptors (Lipinski definition) is 2. The summed E-state index contributed by atoms with van der Waals surface area (Å²) in [5, 5.41) is 3.77. The van der Waals surface area contributed by atoms with E-state index in [1.165, 1.54) is 5.56 Å². The van der Waals surface area contributed by atoms with Gasteiger partial charge < -0.3 is 5.32 Å². The number of para-hydroxylation sites is 1. The van der Waals surface area contributed by atoms with Gasteiger partial charge in [0.2, 0.25) is 0 Å². The van der Waals surface area contributed by atoms with Crippen LogP contribution in [0.4, 0.5) is 5.69 Å². The van der Waals surface area contributed by atoms with Crippen LogP contribution < -0.4 is 5.32 Å². The first kappa shape index (κ1) is 11.3. The molecule has 3 rings (SSSR count). The maximum Gasteiger partial charge on any atom is 0.186 e. The third-order valence-electron chi connectivity index (χ3n) is 3.23. The number of carbonyl (C=O) groups excluding carboxylic acids is 1. The molecule has 1 aliphatic heterocycles. The van der Waals surface area contributed by atoms with Crippen LogP contribution in [0.5, 0.6) is 0 Å². The van der Waals surface area contributed by atoms with E-state index in [0.29, 0.717) is 10.6 Å². The maximum absolute atomic E-state index is 12.4. The predicted octanol–water partition coefficient (Wildman–Crippen LogP) is 3.56. The second-order valence-corrected chi connectivity index (χ2v) is 4.81. The number of nitrogens with one attached hydrogen (secondary N) is 1. The Kier molecular flexibility index (Phi) is 2.80. The Hall–Kier alpha value is -1.80. The van der Waals surface area contributed by atoms with Gasteiger partial charge in [0.25, 0.3) is 0 Å². The lowest BCUT2D eigenvalue weighted by Gasteiger charge is -2.11. The molecular formula is C15H12ClNO. The number of Topliss-reactive ketones (excluding diaryl/α,β-unsaturated/α-hetero) is 1. The Balaban J connectivity index is 1.87. The molecule has 1 N–H and O–H groups in total. The molecule has 1 aliphatic rings. The van der Waals surface area contributed by atoms with Crippen LogP contribution in [0.15, 0.2) is 48.5 Å². The van der Waals surface area contributed by atoms with Gasteiger partial charge in [0.1, 0.15) is 0 Å². The fourth-order valence-electron chi connectivity index (χ4n) is 2.30. The molecule has 0 saturated heterocycles. The molecule has 0 amide bonds. The molecule has 0 bridgehead atoms. The van der Waals surface area contributed by atoms with Gasteiger partial charge in [0.05, 0.1) is 11.1 Å². The first-order valence-corrected chi connectivity index (χ1v) is 6.26. The molecule has 0 saturated carbocycles. The van der Waals surface area contributed by atoms with E-state index in [0.717, 1.165) is 12.1 Å². The zero-order valence-electron chi connectivity index (χ0n) is 9.69. The highest BCUT2D eigenvalue weighted by molar-refractivity contribution is 6.34. The van der Waals surface area contributed by atoms with Crippen molar-refractivity contribution < 1.29 is 4.79 Å². The van der Waals surface area contributed by atoms with Crippen LogP contribution in [-0.4, -0.2) is 11.8 Å². The summed E-state index contributed by atoms with van der Waals surface area (Å²) in [4.78, 5) is 12.4. The van der Waals surface area contributed by atoms with Gasteiger partial charge in [0, 0.05) is 17.7 Å². The van der Waals surface area contributed by atoms with E-state index < -0.39 is 0 Å². The molecule has 90 valence electrons. The average Bonchev–Trinajstić information content (AvgIpc) is 2.82. The van der Waals surface area contributed by atoms with Crippen LogP contribution in [0.3, 0.4) is 0 Å². The summed E-state index contributed by atoms with van der Waals surface area (Å²) >= 11 is 6.06. The SMILES string of the molecule is O=C(c1ccccc1Cl)C1Cc2ccccc2N1. The van der Waals surface area contributed by atoms with Crippen molar-refractivity contribution in [2.75, 3.05) is 5.32 Å². The van der Waals surface area contributed by atoms with Crippen molar-refractivity contribution in [2.45, 2.75) is 12.5 Å². The Morgan fingerprint density at radius 1 is 1.11 bits per heavy atom. The van der Waals surface area contributed by atoms with Gasteiger partial charge in [0.15, 0.2) is 5.78 Å². The summed E-state index contributed by atoms with van der Waals surface area (Å²) < 4.78 is 0. The largest absolute Gasteiger partial charge is 0.374 e. The Morgan fingerprint density at radius 3 is 2.61 bits per heavy atom. The summed E-state index contributed by atoms with van der Waals surface area (Å²) in [6, 6.07) is 15.0. The average molecular weight is 258 g/mol. The van der Waals surface area contributed by atoms with Gasteiger partial charge in [-0.2, -0.15) is 0 Å². The third-order valence-corrected chi connectivity index (χ3v) is 3.56.